The standard InChI is InChI=1S/C15H12ClNO4/c1-9-7-12(10(2)21-9)15(18)6-4-11-3-5-13(16)14(8-11)17(19)20/h3-8H,1-2H3/b6-4+. The molecule has 1 heterocycles. The third kappa shape index (κ3) is 3.38. The molecule has 0 aliphatic heterocycles. The third-order valence-electron chi connectivity index (χ3n) is 2.90. The van der Waals surface area contributed by atoms with Gasteiger partial charge in [-0.25, -0.2) is 0 Å². The van der Waals surface area contributed by atoms with E-state index in [2.05, 4.69) is 0 Å². The molecule has 0 aliphatic rings. The molecule has 0 N–H and O–H groups in total. The quantitative estimate of drug-likeness (QED) is 0.364. The first-order chi connectivity index (χ1) is 9.88. The average Bonchev–Trinajstić information content (AvgIpc) is 2.76. The van der Waals surface area contributed by atoms with Gasteiger partial charge in [0.05, 0.1) is 10.5 Å². The van der Waals surface area contributed by atoms with Gasteiger partial charge >= 0.3 is 0 Å². The Balaban J connectivity index is 2.25. The lowest BCUT2D eigenvalue weighted by molar-refractivity contribution is -0.384. The lowest BCUT2D eigenvalue weighted by Crippen LogP contribution is -1.94. The fourth-order valence-corrected chi connectivity index (χ4v) is 2.10. The number of carbonyl (C=O) groups excluding carboxylic acids is 1. The number of hydrogen-bond donors (Lipinski definition) is 0. The molecule has 1 aromatic heterocycles. The molecule has 0 atom stereocenters. The van der Waals surface area contributed by atoms with Crippen LogP contribution >= 0.6 is 11.6 Å². The van der Waals surface area contributed by atoms with Crippen molar-refractivity contribution in [2.24, 2.45) is 0 Å². The van der Waals surface area contributed by atoms with E-state index in [-0.39, 0.29) is 16.5 Å². The SMILES string of the molecule is Cc1cc(C(=O)/C=C/c2ccc(Cl)c([N+](=O)[O-])c2)c(C)o1. The highest BCUT2D eigenvalue weighted by Gasteiger charge is 2.13. The van der Waals surface area contributed by atoms with E-state index in [4.69, 9.17) is 16.0 Å². The van der Waals surface area contributed by atoms with Crippen LogP contribution in [-0.2, 0) is 0 Å². The van der Waals surface area contributed by atoms with E-state index in [1.54, 1.807) is 26.0 Å². The summed E-state index contributed by atoms with van der Waals surface area (Å²) in [6.45, 7) is 3.47. The van der Waals surface area contributed by atoms with Crippen LogP contribution in [0.4, 0.5) is 5.69 Å². The maximum atomic E-state index is 12.0. The Morgan fingerprint density at radius 3 is 2.62 bits per heavy atom. The zero-order chi connectivity index (χ0) is 15.6. The maximum Gasteiger partial charge on any atom is 0.288 e. The lowest BCUT2D eigenvalue weighted by atomic mass is 10.1. The predicted molar refractivity (Wildman–Crippen MR) is 79.7 cm³/mol. The first-order valence-electron chi connectivity index (χ1n) is 6.12. The van der Waals surface area contributed by atoms with Gasteiger partial charge in [0.25, 0.3) is 5.69 Å². The van der Waals surface area contributed by atoms with Crippen LogP contribution in [0, 0.1) is 24.0 Å². The summed E-state index contributed by atoms with van der Waals surface area (Å²) in [4.78, 5) is 22.3. The van der Waals surface area contributed by atoms with Gasteiger partial charge in [0.15, 0.2) is 5.78 Å². The van der Waals surface area contributed by atoms with Crippen molar-refractivity contribution in [2.75, 3.05) is 0 Å². The van der Waals surface area contributed by atoms with Gasteiger partial charge < -0.3 is 4.42 Å². The minimum absolute atomic E-state index is 0.0600. The van der Waals surface area contributed by atoms with Crippen LogP contribution in [-0.4, -0.2) is 10.7 Å². The second-order valence-corrected chi connectivity index (χ2v) is 4.90. The molecule has 2 aromatic rings. The first-order valence-corrected chi connectivity index (χ1v) is 6.49. The molecule has 0 aliphatic carbocycles. The molecule has 0 amide bonds. The number of nitrogens with zero attached hydrogens (tertiary/aromatic N) is 1. The minimum atomic E-state index is -0.564. The number of halogens is 1. The van der Waals surface area contributed by atoms with Crippen LogP contribution in [0.2, 0.25) is 5.02 Å². The van der Waals surface area contributed by atoms with Crippen LogP contribution in [0.15, 0.2) is 34.8 Å². The lowest BCUT2D eigenvalue weighted by Gasteiger charge is -1.97. The van der Waals surface area contributed by atoms with E-state index in [0.29, 0.717) is 22.6 Å². The van der Waals surface area contributed by atoms with Crippen molar-refractivity contribution >= 4 is 29.1 Å². The monoisotopic (exact) mass is 305 g/mol. The van der Waals surface area contributed by atoms with E-state index in [1.165, 1.54) is 24.3 Å². The molecule has 21 heavy (non-hydrogen) atoms. The van der Waals surface area contributed by atoms with Crippen LogP contribution in [0.3, 0.4) is 0 Å². The number of hydrogen-bond acceptors (Lipinski definition) is 4. The summed E-state index contributed by atoms with van der Waals surface area (Å²) in [7, 11) is 0. The van der Waals surface area contributed by atoms with Gasteiger partial charge in [-0.15, -0.1) is 0 Å². The van der Waals surface area contributed by atoms with Gasteiger partial charge in [0.2, 0.25) is 0 Å². The number of benzene rings is 1. The molecule has 108 valence electrons. The molecule has 2 rings (SSSR count). The van der Waals surface area contributed by atoms with Crippen LogP contribution in [0.1, 0.15) is 27.4 Å². The van der Waals surface area contributed by atoms with Gasteiger partial charge in [0, 0.05) is 6.07 Å². The molecule has 1 aromatic carbocycles. The van der Waals surface area contributed by atoms with E-state index < -0.39 is 4.92 Å². The van der Waals surface area contributed by atoms with E-state index in [9.17, 15) is 14.9 Å². The zero-order valence-corrected chi connectivity index (χ0v) is 12.2. The summed E-state index contributed by atoms with van der Waals surface area (Å²) in [5.74, 6) is 0.984. The zero-order valence-electron chi connectivity index (χ0n) is 11.4. The Hall–Kier alpha value is -2.40. The number of nitro groups is 1. The molecule has 0 radical (unpaired) electrons. The molecule has 6 heteroatoms. The molecular formula is C15H12ClNO4. The van der Waals surface area contributed by atoms with Crippen LogP contribution in [0.25, 0.3) is 6.08 Å². The Bertz CT molecular complexity index is 746. The Labute approximate surface area is 126 Å². The molecule has 0 saturated carbocycles. The fraction of sp³-hybridized carbons (Fsp3) is 0.133. The van der Waals surface area contributed by atoms with Crippen molar-refractivity contribution < 1.29 is 14.1 Å². The number of nitro benzene ring substituents is 1. The number of rotatable bonds is 4. The summed E-state index contributed by atoms with van der Waals surface area (Å²) in [5.41, 5.74) is 0.811. The Morgan fingerprint density at radius 1 is 1.33 bits per heavy atom. The van der Waals surface area contributed by atoms with E-state index in [0.717, 1.165) is 0 Å². The topological polar surface area (TPSA) is 73.3 Å². The Kier molecular flexibility index (Phi) is 4.23. The van der Waals surface area contributed by atoms with Gasteiger partial charge in [0.1, 0.15) is 16.5 Å². The number of carbonyl (C=O) groups is 1. The van der Waals surface area contributed by atoms with Crippen molar-refractivity contribution in [1.29, 1.82) is 0 Å². The second-order valence-electron chi connectivity index (χ2n) is 4.49. The molecule has 0 saturated heterocycles. The smallest absolute Gasteiger partial charge is 0.288 e. The fourth-order valence-electron chi connectivity index (χ4n) is 1.91. The highest BCUT2D eigenvalue weighted by molar-refractivity contribution is 6.32. The van der Waals surface area contributed by atoms with E-state index >= 15 is 0 Å². The summed E-state index contributed by atoms with van der Waals surface area (Å²) < 4.78 is 5.29. The Morgan fingerprint density at radius 2 is 2.05 bits per heavy atom. The predicted octanol–water partition coefficient (Wildman–Crippen LogP) is 4.35. The number of furan rings is 1. The highest BCUT2D eigenvalue weighted by Crippen LogP contribution is 2.25. The van der Waals surface area contributed by atoms with Crippen LogP contribution < -0.4 is 0 Å². The average molecular weight is 306 g/mol. The van der Waals surface area contributed by atoms with Crippen molar-refractivity contribution in [3.63, 3.8) is 0 Å². The molecule has 0 spiro atoms. The number of aryl methyl sites for hydroxylation is 2. The molecule has 0 bridgehead atoms. The van der Waals surface area contributed by atoms with Crippen molar-refractivity contribution in [2.45, 2.75) is 13.8 Å². The van der Waals surface area contributed by atoms with Gasteiger partial charge in [-0.3, -0.25) is 14.9 Å². The summed E-state index contributed by atoms with van der Waals surface area (Å²) in [6.07, 6.45) is 2.86. The van der Waals surface area contributed by atoms with Crippen LogP contribution in [0.5, 0.6) is 0 Å². The molecule has 0 unspecified atom stereocenters. The minimum Gasteiger partial charge on any atom is -0.466 e. The number of ketones is 1. The van der Waals surface area contributed by atoms with Crippen molar-refractivity contribution in [1.82, 2.24) is 0 Å². The molecule has 5 nitrogen and oxygen atoms in total. The third-order valence-corrected chi connectivity index (χ3v) is 3.22. The van der Waals surface area contributed by atoms with Crippen molar-refractivity contribution in [3.05, 3.63) is 68.1 Å². The van der Waals surface area contributed by atoms with Crippen molar-refractivity contribution in [3.8, 4) is 0 Å². The normalized spacial score (nSPS) is 11.0. The summed E-state index contributed by atoms with van der Waals surface area (Å²) in [6, 6.07) is 6.01. The molecule has 0 fully saturated rings. The first kappa shape index (κ1) is 15.0. The van der Waals surface area contributed by atoms with Gasteiger partial charge in [-0.1, -0.05) is 23.7 Å². The van der Waals surface area contributed by atoms with Gasteiger partial charge in [-0.2, -0.15) is 0 Å². The highest BCUT2D eigenvalue weighted by atomic mass is 35.5. The molecular weight excluding hydrogens is 294 g/mol. The van der Waals surface area contributed by atoms with Gasteiger partial charge in [-0.05, 0) is 37.6 Å². The second kappa shape index (κ2) is 5.93. The van der Waals surface area contributed by atoms with E-state index in [1.807, 2.05) is 0 Å². The number of allylic oxidation sites excluding steroid dienone is 1. The summed E-state index contributed by atoms with van der Waals surface area (Å²) in [5, 5.41) is 10.9. The largest absolute Gasteiger partial charge is 0.466 e. The maximum absolute atomic E-state index is 12.0. The summed E-state index contributed by atoms with van der Waals surface area (Å²) >= 11 is 5.73.